The smallest absolute Gasteiger partial charge is 0.387 e. The Kier molecular flexibility index (Phi) is 8.08. The number of rotatable bonds is 8. The van der Waals surface area contributed by atoms with Crippen molar-refractivity contribution in [3.8, 4) is 11.5 Å². The third-order valence-electron chi connectivity index (χ3n) is 5.43. The van der Waals surface area contributed by atoms with Crippen LogP contribution in [0.3, 0.4) is 0 Å². The van der Waals surface area contributed by atoms with Crippen LogP contribution in [0.2, 0.25) is 0 Å². The van der Waals surface area contributed by atoms with Crippen LogP contribution >= 0.6 is 0 Å². The molecule has 0 aliphatic carbocycles. The number of anilines is 1. The minimum absolute atomic E-state index is 0.119. The number of guanidine groups is 1. The van der Waals surface area contributed by atoms with Crippen molar-refractivity contribution in [3.05, 3.63) is 47.3 Å². The first kappa shape index (κ1) is 23.6. The maximum Gasteiger partial charge on any atom is 0.387 e. The lowest BCUT2D eigenvalue weighted by atomic mass is 10.1. The predicted molar refractivity (Wildman–Crippen MR) is 122 cm³/mol. The number of alkyl halides is 2. The Morgan fingerprint density at radius 3 is 2.81 bits per heavy atom. The number of methoxy groups -OCH3 is 1. The lowest BCUT2D eigenvalue weighted by molar-refractivity contribution is -0.0495. The number of aryl methyl sites for hydroxylation is 1. The molecule has 0 radical (unpaired) electrons. The van der Waals surface area contributed by atoms with Crippen LogP contribution in [0, 0.1) is 13.8 Å². The molecule has 174 valence electrons. The Labute approximate surface area is 187 Å². The first-order valence-electron chi connectivity index (χ1n) is 10.8. The Morgan fingerprint density at radius 2 is 2.09 bits per heavy atom. The molecule has 0 spiro atoms. The van der Waals surface area contributed by atoms with Crippen molar-refractivity contribution in [2.45, 2.75) is 46.4 Å². The number of pyridine rings is 1. The fourth-order valence-electron chi connectivity index (χ4n) is 3.91. The normalized spacial score (nSPS) is 16.4. The first-order valence-corrected chi connectivity index (χ1v) is 10.8. The van der Waals surface area contributed by atoms with Gasteiger partial charge in [-0.15, -0.1) is 0 Å². The van der Waals surface area contributed by atoms with E-state index in [-0.39, 0.29) is 11.8 Å². The van der Waals surface area contributed by atoms with Crippen molar-refractivity contribution in [2.24, 2.45) is 4.99 Å². The summed E-state index contributed by atoms with van der Waals surface area (Å²) < 4.78 is 35.7. The van der Waals surface area contributed by atoms with Gasteiger partial charge in [-0.3, -0.25) is 4.98 Å². The van der Waals surface area contributed by atoms with E-state index in [0.29, 0.717) is 24.7 Å². The van der Waals surface area contributed by atoms with Gasteiger partial charge in [0.15, 0.2) is 5.96 Å². The molecule has 32 heavy (non-hydrogen) atoms. The number of hydrogen-bond donors (Lipinski definition) is 2. The summed E-state index contributed by atoms with van der Waals surface area (Å²) in [5, 5.41) is 6.72. The topological polar surface area (TPSA) is 71.0 Å². The lowest BCUT2D eigenvalue weighted by Gasteiger charge is -2.22. The highest BCUT2D eigenvalue weighted by Crippen LogP contribution is 2.31. The molecule has 0 saturated carbocycles. The second-order valence-corrected chi connectivity index (χ2v) is 7.66. The zero-order chi connectivity index (χ0) is 23.1. The number of nitrogens with one attached hydrogen (secondary N) is 2. The van der Waals surface area contributed by atoms with E-state index in [2.05, 4.69) is 25.3 Å². The summed E-state index contributed by atoms with van der Waals surface area (Å²) >= 11 is 0. The van der Waals surface area contributed by atoms with Gasteiger partial charge < -0.3 is 25.0 Å². The summed E-state index contributed by atoms with van der Waals surface area (Å²) in [4.78, 5) is 11.3. The summed E-state index contributed by atoms with van der Waals surface area (Å²) in [5.41, 5.74) is 3.50. The van der Waals surface area contributed by atoms with E-state index in [9.17, 15) is 8.78 Å². The fourth-order valence-corrected chi connectivity index (χ4v) is 3.91. The van der Waals surface area contributed by atoms with Crippen LogP contribution in [0.15, 0.2) is 35.5 Å². The number of aromatic nitrogens is 1. The summed E-state index contributed by atoms with van der Waals surface area (Å²) in [5.74, 6) is 1.72. The largest absolute Gasteiger partial charge is 0.496 e. The van der Waals surface area contributed by atoms with E-state index in [1.807, 2.05) is 26.8 Å². The highest BCUT2D eigenvalue weighted by molar-refractivity contribution is 5.80. The van der Waals surface area contributed by atoms with E-state index < -0.39 is 6.61 Å². The molecule has 2 heterocycles. The van der Waals surface area contributed by atoms with Gasteiger partial charge in [0.2, 0.25) is 0 Å². The standard InChI is InChI=1S/C23H31F2N5O2/c1-5-26-23(28-13-18-16(3)21(31-4)15(2)12-27-18)29-17-10-11-30(14-17)19-8-6-7-9-20(19)32-22(24)25/h6-9,12,17,22H,5,10-11,13-14H2,1-4H3,(H2,26,28,29). The van der Waals surface area contributed by atoms with E-state index in [1.165, 1.54) is 0 Å². The second kappa shape index (κ2) is 11.0. The van der Waals surface area contributed by atoms with Gasteiger partial charge in [-0.1, -0.05) is 12.1 Å². The summed E-state index contributed by atoms with van der Waals surface area (Å²) in [6.45, 7) is 5.63. The van der Waals surface area contributed by atoms with Crippen LogP contribution in [-0.2, 0) is 6.54 Å². The molecule has 1 aliphatic heterocycles. The second-order valence-electron chi connectivity index (χ2n) is 7.66. The average Bonchev–Trinajstić information content (AvgIpc) is 3.22. The van der Waals surface area contributed by atoms with E-state index in [0.717, 1.165) is 42.1 Å². The quantitative estimate of drug-likeness (QED) is 0.476. The van der Waals surface area contributed by atoms with Crippen LogP contribution in [0.5, 0.6) is 11.5 Å². The number of para-hydroxylation sites is 2. The SMILES string of the molecule is CCNC(=NCc1ncc(C)c(OC)c1C)NC1CCN(c2ccccc2OC(F)F)C1. The minimum atomic E-state index is -2.85. The molecule has 2 aromatic rings. The zero-order valence-electron chi connectivity index (χ0n) is 19.0. The molecule has 1 saturated heterocycles. The van der Waals surface area contributed by atoms with Crippen molar-refractivity contribution >= 4 is 11.6 Å². The van der Waals surface area contributed by atoms with E-state index in [4.69, 9.17) is 9.73 Å². The van der Waals surface area contributed by atoms with Gasteiger partial charge in [0.1, 0.15) is 11.5 Å². The van der Waals surface area contributed by atoms with Gasteiger partial charge in [0.25, 0.3) is 0 Å². The third kappa shape index (κ3) is 5.77. The number of halogens is 2. The summed E-state index contributed by atoms with van der Waals surface area (Å²) in [6, 6.07) is 7.01. The Hall–Kier alpha value is -3.10. The first-order chi connectivity index (χ1) is 15.4. The molecule has 0 bridgehead atoms. The molecule has 1 aliphatic rings. The summed E-state index contributed by atoms with van der Waals surface area (Å²) in [6.07, 6.45) is 2.65. The predicted octanol–water partition coefficient (Wildman–Crippen LogP) is 3.64. The Morgan fingerprint density at radius 1 is 1.31 bits per heavy atom. The molecule has 1 fully saturated rings. The van der Waals surface area contributed by atoms with Crippen molar-refractivity contribution in [1.82, 2.24) is 15.6 Å². The Bertz CT molecular complexity index is 939. The van der Waals surface area contributed by atoms with Gasteiger partial charge in [0, 0.05) is 43.0 Å². The molecule has 3 rings (SSSR count). The van der Waals surface area contributed by atoms with Crippen LogP contribution in [0.4, 0.5) is 14.5 Å². The molecule has 9 heteroatoms. The molecule has 1 atom stereocenters. The van der Waals surface area contributed by atoms with Gasteiger partial charge in [0.05, 0.1) is 25.0 Å². The van der Waals surface area contributed by atoms with Crippen molar-refractivity contribution in [3.63, 3.8) is 0 Å². The number of ether oxygens (including phenoxy) is 2. The Balaban J connectivity index is 1.68. The van der Waals surface area contributed by atoms with Gasteiger partial charge in [-0.2, -0.15) is 8.78 Å². The maximum absolute atomic E-state index is 12.8. The van der Waals surface area contributed by atoms with Crippen molar-refractivity contribution < 1.29 is 18.3 Å². The van der Waals surface area contributed by atoms with Crippen LogP contribution < -0.4 is 25.0 Å². The minimum Gasteiger partial charge on any atom is -0.496 e. The average molecular weight is 448 g/mol. The van der Waals surface area contributed by atoms with Crippen LogP contribution in [-0.4, -0.2) is 50.3 Å². The van der Waals surface area contributed by atoms with Gasteiger partial charge in [-0.05, 0) is 39.3 Å². The zero-order valence-corrected chi connectivity index (χ0v) is 19.0. The van der Waals surface area contributed by atoms with Gasteiger partial charge >= 0.3 is 6.61 Å². The van der Waals surface area contributed by atoms with Crippen molar-refractivity contribution in [1.29, 1.82) is 0 Å². The molecule has 2 N–H and O–H groups in total. The molecule has 1 aromatic heterocycles. The summed E-state index contributed by atoms with van der Waals surface area (Å²) in [7, 11) is 1.66. The number of hydrogen-bond acceptors (Lipinski definition) is 5. The molecule has 0 amide bonds. The monoisotopic (exact) mass is 447 g/mol. The number of aliphatic imine (C=N–C) groups is 1. The van der Waals surface area contributed by atoms with E-state index in [1.54, 1.807) is 31.5 Å². The highest BCUT2D eigenvalue weighted by atomic mass is 19.3. The lowest BCUT2D eigenvalue weighted by Crippen LogP contribution is -2.44. The molecule has 7 nitrogen and oxygen atoms in total. The molecule has 1 unspecified atom stereocenters. The molecular formula is C23H31F2N5O2. The third-order valence-corrected chi connectivity index (χ3v) is 5.43. The molecule has 1 aromatic carbocycles. The maximum atomic E-state index is 12.8. The number of nitrogens with zero attached hydrogens (tertiary/aromatic N) is 3. The fraction of sp³-hybridized carbons (Fsp3) is 0.478. The highest BCUT2D eigenvalue weighted by Gasteiger charge is 2.26. The van der Waals surface area contributed by atoms with Crippen LogP contribution in [0.25, 0.3) is 0 Å². The molecular weight excluding hydrogens is 416 g/mol. The van der Waals surface area contributed by atoms with Gasteiger partial charge in [-0.25, -0.2) is 4.99 Å². The van der Waals surface area contributed by atoms with Crippen molar-refractivity contribution in [2.75, 3.05) is 31.6 Å². The number of benzene rings is 1. The van der Waals surface area contributed by atoms with Crippen LogP contribution in [0.1, 0.15) is 30.2 Å². The van der Waals surface area contributed by atoms with E-state index >= 15 is 0 Å².